The van der Waals surface area contributed by atoms with Crippen molar-refractivity contribution in [3.8, 4) is 0 Å². The summed E-state index contributed by atoms with van der Waals surface area (Å²) in [6.07, 6.45) is 2.02. The van der Waals surface area contributed by atoms with Crippen LogP contribution in [0.2, 0.25) is 0 Å². The number of amides is 1. The second-order valence-electron chi connectivity index (χ2n) is 5.30. The zero-order chi connectivity index (χ0) is 14.4. The Morgan fingerprint density at radius 3 is 2.64 bits per heavy atom. The average molecular weight is 348 g/mol. The van der Waals surface area contributed by atoms with Crippen molar-refractivity contribution in [1.29, 1.82) is 0 Å². The highest BCUT2D eigenvalue weighted by Crippen LogP contribution is 2.14. The molecule has 1 heterocycles. The average Bonchev–Trinajstić information content (AvgIpc) is 2.99. The molecule has 0 unspecified atom stereocenters. The Balaban J connectivity index is 0.00000220. The van der Waals surface area contributed by atoms with E-state index in [4.69, 9.17) is 0 Å². The van der Waals surface area contributed by atoms with Crippen molar-refractivity contribution in [2.24, 2.45) is 0 Å². The third kappa shape index (κ3) is 6.13. The first kappa shape index (κ1) is 21.2. The largest absolute Gasteiger partial charge is 0.325 e. The lowest BCUT2D eigenvalue weighted by atomic mass is 10.1. The third-order valence-corrected chi connectivity index (χ3v) is 3.87. The number of rotatable bonds is 6. The summed E-state index contributed by atoms with van der Waals surface area (Å²) in [5, 5.41) is 6.23. The first-order valence-electron chi connectivity index (χ1n) is 7.58. The van der Waals surface area contributed by atoms with Crippen LogP contribution in [0.15, 0.2) is 24.3 Å². The van der Waals surface area contributed by atoms with Crippen LogP contribution >= 0.6 is 24.8 Å². The number of nitrogens with one attached hydrogen (secondary N) is 2. The molecule has 22 heavy (non-hydrogen) atoms. The summed E-state index contributed by atoms with van der Waals surface area (Å²) in [5.74, 6) is 0.0856. The van der Waals surface area contributed by atoms with Crippen molar-refractivity contribution < 1.29 is 4.79 Å². The molecule has 0 saturated carbocycles. The fourth-order valence-corrected chi connectivity index (χ4v) is 2.59. The zero-order valence-electron chi connectivity index (χ0n) is 13.3. The quantitative estimate of drug-likeness (QED) is 0.831. The Morgan fingerprint density at radius 2 is 2.05 bits per heavy atom. The van der Waals surface area contributed by atoms with E-state index in [0.717, 1.165) is 44.7 Å². The van der Waals surface area contributed by atoms with Crippen LogP contribution in [-0.4, -0.2) is 36.5 Å². The molecule has 0 aliphatic carbocycles. The lowest BCUT2D eigenvalue weighted by Gasteiger charge is -2.18. The lowest BCUT2D eigenvalue weighted by Crippen LogP contribution is -2.35. The summed E-state index contributed by atoms with van der Waals surface area (Å²) in [5.41, 5.74) is 2.14. The van der Waals surface area contributed by atoms with E-state index in [1.165, 1.54) is 5.56 Å². The van der Waals surface area contributed by atoms with E-state index in [-0.39, 0.29) is 36.8 Å². The zero-order valence-corrected chi connectivity index (χ0v) is 14.9. The van der Waals surface area contributed by atoms with Crippen LogP contribution in [-0.2, 0) is 11.3 Å². The van der Waals surface area contributed by atoms with Gasteiger partial charge < -0.3 is 10.6 Å². The van der Waals surface area contributed by atoms with Crippen molar-refractivity contribution in [2.45, 2.75) is 39.3 Å². The van der Waals surface area contributed by atoms with E-state index in [0.29, 0.717) is 0 Å². The number of benzene rings is 1. The molecule has 4 nitrogen and oxygen atoms in total. The fraction of sp³-hybridized carbons (Fsp3) is 0.562. The Hall–Kier alpha value is -0.810. The van der Waals surface area contributed by atoms with Crippen molar-refractivity contribution in [3.63, 3.8) is 0 Å². The van der Waals surface area contributed by atoms with Gasteiger partial charge in [-0.25, -0.2) is 0 Å². The number of carbonyl (C=O) groups is 1. The second-order valence-corrected chi connectivity index (χ2v) is 5.30. The SMILES string of the molecule is CCN(CC)Cc1cccc(NC(=O)[C@@H]2CCCN2)c1.Cl.Cl. The van der Waals surface area contributed by atoms with Gasteiger partial charge in [-0.15, -0.1) is 24.8 Å². The lowest BCUT2D eigenvalue weighted by molar-refractivity contribution is -0.117. The van der Waals surface area contributed by atoms with Gasteiger partial charge in [0.2, 0.25) is 5.91 Å². The highest BCUT2D eigenvalue weighted by Gasteiger charge is 2.21. The van der Waals surface area contributed by atoms with Crippen molar-refractivity contribution in [2.75, 3.05) is 25.0 Å². The molecular weight excluding hydrogens is 321 g/mol. The van der Waals surface area contributed by atoms with Gasteiger partial charge in [-0.2, -0.15) is 0 Å². The summed E-state index contributed by atoms with van der Waals surface area (Å²) in [6, 6.07) is 8.13. The Labute approximate surface area is 145 Å². The number of anilines is 1. The van der Waals surface area contributed by atoms with E-state index in [2.05, 4.69) is 41.5 Å². The number of nitrogens with zero attached hydrogens (tertiary/aromatic N) is 1. The van der Waals surface area contributed by atoms with Crippen LogP contribution in [0.1, 0.15) is 32.3 Å². The van der Waals surface area contributed by atoms with Crippen LogP contribution in [0.3, 0.4) is 0 Å². The summed E-state index contributed by atoms with van der Waals surface area (Å²) < 4.78 is 0. The maximum atomic E-state index is 12.1. The Kier molecular flexibility index (Phi) is 10.4. The van der Waals surface area contributed by atoms with Gasteiger partial charge >= 0.3 is 0 Å². The smallest absolute Gasteiger partial charge is 0.241 e. The van der Waals surface area contributed by atoms with E-state index >= 15 is 0 Å². The standard InChI is InChI=1S/C16H25N3O.2ClH/c1-3-19(4-2)12-13-7-5-8-14(11-13)18-16(20)15-9-6-10-17-15;;/h5,7-8,11,15,17H,3-4,6,9-10,12H2,1-2H3,(H,18,20);2*1H/t15-;;/m0../s1. The first-order chi connectivity index (χ1) is 9.72. The minimum Gasteiger partial charge on any atom is -0.325 e. The van der Waals surface area contributed by atoms with Crippen LogP contribution in [0.4, 0.5) is 5.69 Å². The molecular formula is C16H27Cl2N3O. The predicted molar refractivity (Wildman–Crippen MR) is 97.2 cm³/mol. The van der Waals surface area contributed by atoms with Gasteiger partial charge in [-0.1, -0.05) is 26.0 Å². The van der Waals surface area contributed by atoms with Crippen LogP contribution < -0.4 is 10.6 Å². The fourth-order valence-electron chi connectivity index (χ4n) is 2.59. The molecule has 1 atom stereocenters. The van der Waals surface area contributed by atoms with Crippen LogP contribution in [0.5, 0.6) is 0 Å². The highest BCUT2D eigenvalue weighted by molar-refractivity contribution is 5.95. The molecule has 0 aromatic heterocycles. The van der Waals surface area contributed by atoms with Gasteiger partial charge in [0.1, 0.15) is 0 Å². The van der Waals surface area contributed by atoms with Crippen molar-refractivity contribution in [3.05, 3.63) is 29.8 Å². The summed E-state index contributed by atoms with van der Waals surface area (Å²) in [6.45, 7) is 8.29. The van der Waals surface area contributed by atoms with Gasteiger partial charge in [0.15, 0.2) is 0 Å². The summed E-state index contributed by atoms with van der Waals surface area (Å²) in [7, 11) is 0. The molecule has 1 saturated heterocycles. The number of carbonyl (C=O) groups excluding carboxylic acids is 1. The maximum Gasteiger partial charge on any atom is 0.241 e. The Morgan fingerprint density at radius 1 is 1.32 bits per heavy atom. The topological polar surface area (TPSA) is 44.4 Å². The molecule has 0 bridgehead atoms. The molecule has 126 valence electrons. The molecule has 0 spiro atoms. The molecule has 1 aromatic rings. The second kappa shape index (κ2) is 10.8. The van der Waals surface area contributed by atoms with Crippen molar-refractivity contribution in [1.82, 2.24) is 10.2 Å². The molecule has 1 aliphatic heterocycles. The molecule has 1 aromatic carbocycles. The van der Waals surface area contributed by atoms with E-state index in [1.54, 1.807) is 0 Å². The number of halogens is 2. The summed E-state index contributed by atoms with van der Waals surface area (Å²) >= 11 is 0. The van der Waals surface area contributed by atoms with Crippen molar-refractivity contribution >= 4 is 36.4 Å². The third-order valence-electron chi connectivity index (χ3n) is 3.87. The monoisotopic (exact) mass is 347 g/mol. The normalized spacial score (nSPS) is 16.8. The maximum absolute atomic E-state index is 12.1. The van der Waals surface area contributed by atoms with Gasteiger partial charge in [-0.3, -0.25) is 9.69 Å². The predicted octanol–water partition coefficient (Wildman–Crippen LogP) is 3.06. The molecule has 2 rings (SSSR count). The molecule has 1 amide bonds. The van der Waals surface area contributed by atoms with Gasteiger partial charge in [0.05, 0.1) is 6.04 Å². The first-order valence-corrected chi connectivity index (χ1v) is 7.58. The molecule has 0 radical (unpaired) electrons. The number of hydrogen-bond donors (Lipinski definition) is 2. The van der Waals surface area contributed by atoms with Gasteiger partial charge in [0.25, 0.3) is 0 Å². The Bertz CT molecular complexity index is 447. The van der Waals surface area contributed by atoms with Crippen LogP contribution in [0, 0.1) is 0 Å². The molecule has 2 N–H and O–H groups in total. The van der Waals surface area contributed by atoms with Crippen LogP contribution in [0.25, 0.3) is 0 Å². The molecule has 6 heteroatoms. The highest BCUT2D eigenvalue weighted by atomic mass is 35.5. The van der Waals surface area contributed by atoms with E-state index in [1.807, 2.05) is 12.1 Å². The molecule has 1 fully saturated rings. The minimum atomic E-state index is -0.0264. The van der Waals surface area contributed by atoms with E-state index < -0.39 is 0 Å². The van der Waals surface area contributed by atoms with Gasteiger partial charge in [-0.05, 0) is 50.2 Å². The molecule has 1 aliphatic rings. The number of hydrogen-bond acceptors (Lipinski definition) is 3. The van der Waals surface area contributed by atoms with Gasteiger partial charge in [0, 0.05) is 12.2 Å². The minimum absolute atomic E-state index is 0. The van der Waals surface area contributed by atoms with E-state index in [9.17, 15) is 4.79 Å². The summed E-state index contributed by atoms with van der Waals surface area (Å²) in [4.78, 5) is 14.4.